The van der Waals surface area contributed by atoms with Crippen molar-refractivity contribution >= 4 is 5.91 Å². The van der Waals surface area contributed by atoms with Gasteiger partial charge in [-0.3, -0.25) is 4.79 Å². The highest BCUT2D eigenvalue weighted by Crippen LogP contribution is 2.32. The summed E-state index contributed by atoms with van der Waals surface area (Å²) in [7, 11) is 1.60. The number of nitrogens with zero attached hydrogens (tertiary/aromatic N) is 3. The highest BCUT2D eigenvalue weighted by atomic mass is 16.5. The zero-order chi connectivity index (χ0) is 20.2. The summed E-state index contributed by atoms with van der Waals surface area (Å²) in [5.74, 6) is 1.91. The standard InChI is InChI=1S/C22H28N4O3/c1-15(29-20-9-4-3-8-19(20)28-2)22(27)26-12-6-5-7-18(26)21-24-14-16-13-23-11-10-17(16)25-21/h3-4,8-9,14-15,18,23H,5-7,10-13H2,1-2H3. The quantitative estimate of drug-likeness (QED) is 0.837. The minimum Gasteiger partial charge on any atom is -0.493 e. The van der Waals surface area contributed by atoms with E-state index >= 15 is 0 Å². The molecule has 2 atom stereocenters. The Bertz CT molecular complexity index is 873. The summed E-state index contributed by atoms with van der Waals surface area (Å²) in [6.07, 6.45) is 5.13. The van der Waals surface area contributed by atoms with Gasteiger partial charge in [-0.1, -0.05) is 12.1 Å². The molecule has 1 aromatic heterocycles. The molecule has 0 bridgehead atoms. The molecule has 1 fully saturated rings. The van der Waals surface area contributed by atoms with Crippen LogP contribution in [0, 0.1) is 0 Å². The molecular weight excluding hydrogens is 368 g/mol. The van der Waals surface area contributed by atoms with Crippen molar-refractivity contribution in [3.05, 3.63) is 47.5 Å². The van der Waals surface area contributed by atoms with Crippen LogP contribution in [0.2, 0.25) is 0 Å². The highest BCUT2D eigenvalue weighted by Gasteiger charge is 2.34. The molecule has 0 spiro atoms. The molecule has 0 saturated carbocycles. The van der Waals surface area contributed by atoms with Crippen LogP contribution in [0.3, 0.4) is 0 Å². The Labute approximate surface area is 171 Å². The number of likely N-dealkylation sites (tertiary alicyclic amines) is 1. The van der Waals surface area contributed by atoms with Crippen LogP contribution < -0.4 is 14.8 Å². The zero-order valence-electron chi connectivity index (χ0n) is 17.1. The van der Waals surface area contributed by atoms with Crippen LogP contribution in [0.15, 0.2) is 30.5 Å². The van der Waals surface area contributed by atoms with E-state index in [-0.39, 0.29) is 11.9 Å². The van der Waals surface area contributed by atoms with Gasteiger partial charge >= 0.3 is 0 Å². The van der Waals surface area contributed by atoms with Crippen LogP contribution in [-0.4, -0.2) is 47.1 Å². The number of carbonyl (C=O) groups excluding carboxylic acids is 1. The van der Waals surface area contributed by atoms with Crippen LogP contribution in [0.5, 0.6) is 11.5 Å². The number of hydrogen-bond acceptors (Lipinski definition) is 6. The molecular formula is C22H28N4O3. The first-order chi connectivity index (χ1) is 14.2. The lowest BCUT2D eigenvalue weighted by Gasteiger charge is -2.36. The predicted molar refractivity (Wildman–Crippen MR) is 109 cm³/mol. The molecule has 4 rings (SSSR count). The van der Waals surface area contributed by atoms with Gasteiger partial charge in [0.1, 0.15) is 0 Å². The van der Waals surface area contributed by atoms with Gasteiger partial charge in [-0.25, -0.2) is 9.97 Å². The van der Waals surface area contributed by atoms with Gasteiger partial charge in [0, 0.05) is 43.5 Å². The van der Waals surface area contributed by atoms with Gasteiger partial charge in [0.2, 0.25) is 0 Å². The fourth-order valence-electron chi connectivity index (χ4n) is 4.07. The van der Waals surface area contributed by atoms with E-state index in [0.717, 1.165) is 55.9 Å². The summed E-state index contributed by atoms with van der Waals surface area (Å²) < 4.78 is 11.3. The zero-order valence-corrected chi connectivity index (χ0v) is 17.1. The third-order valence-corrected chi connectivity index (χ3v) is 5.63. The number of piperidine rings is 1. The van der Waals surface area contributed by atoms with Gasteiger partial charge in [-0.05, 0) is 38.3 Å². The molecule has 2 aliphatic heterocycles. The Morgan fingerprint density at radius 3 is 2.93 bits per heavy atom. The van der Waals surface area contributed by atoms with Crippen molar-refractivity contribution in [2.24, 2.45) is 0 Å². The third-order valence-electron chi connectivity index (χ3n) is 5.63. The summed E-state index contributed by atoms with van der Waals surface area (Å²) in [4.78, 5) is 24.6. The molecule has 2 unspecified atom stereocenters. The SMILES string of the molecule is COc1ccccc1OC(C)C(=O)N1CCCCC1c1ncc2c(n1)CCNC2. The first-order valence-electron chi connectivity index (χ1n) is 10.3. The minimum absolute atomic E-state index is 0.0383. The summed E-state index contributed by atoms with van der Waals surface area (Å²) >= 11 is 0. The van der Waals surface area contributed by atoms with Gasteiger partial charge in [0.15, 0.2) is 23.4 Å². The number of aromatic nitrogens is 2. The maximum atomic E-state index is 13.3. The molecule has 2 aliphatic rings. The molecule has 0 aliphatic carbocycles. The summed E-state index contributed by atoms with van der Waals surface area (Å²) in [5.41, 5.74) is 2.26. The summed E-state index contributed by atoms with van der Waals surface area (Å²) in [5, 5.41) is 3.34. The van der Waals surface area contributed by atoms with E-state index in [4.69, 9.17) is 14.5 Å². The van der Waals surface area contributed by atoms with Crippen molar-refractivity contribution in [1.29, 1.82) is 0 Å². The van der Waals surface area contributed by atoms with Crippen LogP contribution in [0.25, 0.3) is 0 Å². The second kappa shape index (κ2) is 8.78. The van der Waals surface area contributed by atoms with E-state index < -0.39 is 6.10 Å². The molecule has 7 nitrogen and oxygen atoms in total. The number of nitrogens with one attached hydrogen (secondary N) is 1. The monoisotopic (exact) mass is 396 g/mol. The molecule has 3 heterocycles. The number of rotatable bonds is 5. The van der Waals surface area contributed by atoms with Crippen molar-refractivity contribution in [3.8, 4) is 11.5 Å². The molecule has 154 valence electrons. The molecule has 0 radical (unpaired) electrons. The molecule has 1 amide bonds. The number of benzene rings is 1. The number of carbonyl (C=O) groups is 1. The van der Waals surface area contributed by atoms with Crippen molar-refractivity contribution < 1.29 is 14.3 Å². The molecule has 1 aromatic carbocycles. The molecule has 2 aromatic rings. The second-order valence-electron chi connectivity index (χ2n) is 7.58. The van der Waals surface area contributed by atoms with E-state index in [1.165, 1.54) is 0 Å². The Hall–Kier alpha value is -2.67. The molecule has 7 heteroatoms. The van der Waals surface area contributed by atoms with Gasteiger partial charge in [-0.2, -0.15) is 0 Å². The highest BCUT2D eigenvalue weighted by molar-refractivity contribution is 5.81. The predicted octanol–water partition coefficient (Wildman–Crippen LogP) is 2.65. The fraction of sp³-hybridized carbons (Fsp3) is 0.500. The average Bonchev–Trinajstić information content (AvgIpc) is 2.78. The van der Waals surface area contributed by atoms with Crippen LogP contribution in [-0.2, 0) is 17.8 Å². The Morgan fingerprint density at radius 2 is 2.10 bits per heavy atom. The van der Waals surface area contributed by atoms with Gasteiger partial charge in [-0.15, -0.1) is 0 Å². The Morgan fingerprint density at radius 1 is 1.28 bits per heavy atom. The van der Waals surface area contributed by atoms with E-state index in [1.807, 2.05) is 35.4 Å². The summed E-state index contributed by atoms with van der Waals surface area (Å²) in [6.45, 7) is 4.23. The smallest absolute Gasteiger partial charge is 0.263 e. The number of fused-ring (bicyclic) bond motifs is 1. The summed E-state index contributed by atoms with van der Waals surface area (Å²) in [6, 6.07) is 7.29. The molecule has 1 saturated heterocycles. The second-order valence-corrected chi connectivity index (χ2v) is 7.58. The van der Waals surface area contributed by atoms with Crippen molar-refractivity contribution in [1.82, 2.24) is 20.2 Å². The lowest BCUT2D eigenvalue weighted by molar-refractivity contribution is -0.142. The maximum absolute atomic E-state index is 13.3. The lowest BCUT2D eigenvalue weighted by Crippen LogP contribution is -2.45. The first kappa shape index (κ1) is 19.6. The normalized spacial score (nSPS) is 19.9. The maximum Gasteiger partial charge on any atom is 0.263 e. The van der Waals surface area contributed by atoms with Crippen LogP contribution >= 0.6 is 0 Å². The van der Waals surface area contributed by atoms with Gasteiger partial charge < -0.3 is 19.7 Å². The first-order valence-corrected chi connectivity index (χ1v) is 10.3. The molecule has 1 N–H and O–H groups in total. The number of para-hydroxylation sites is 2. The minimum atomic E-state index is -0.617. The van der Waals surface area contributed by atoms with E-state index in [1.54, 1.807) is 14.0 Å². The van der Waals surface area contributed by atoms with Crippen LogP contribution in [0.4, 0.5) is 0 Å². The lowest BCUT2D eigenvalue weighted by atomic mass is 10.00. The average molecular weight is 396 g/mol. The number of ether oxygens (including phenoxy) is 2. The Kier molecular flexibility index (Phi) is 5.94. The van der Waals surface area contributed by atoms with Crippen LogP contribution in [0.1, 0.15) is 49.3 Å². The number of methoxy groups -OCH3 is 1. The van der Waals surface area contributed by atoms with E-state index in [0.29, 0.717) is 18.0 Å². The van der Waals surface area contributed by atoms with E-state index in [2.05, 4.69) is 10.3 Å². The topological polar surface area (TPSA) is 76.6 Å². The van der Waals surface area contributed by atoms with Crippen molar-refractivity contribution in [3.63, 3.8) is 0 Å². The largest absolute Gasteiger partial charge is 0.493 e. The van der Waals surface area contributed by atoms with E-state index in [9.17, 15) is 4.79 Å². The number of amides is 1. The molecule has 29 heavy (non-hydrogen) atoms. The van der Waals surface area contributed by atoms with Crippen molar-refractivity contribution in [2.45, 2.75) is 51.3 Å². The van der Waals surface area contributed by atoms with Gasteiger partial charge in [0.25, 0.3) is 5.91 Å². The van der Waals surface area contributed by atoms with Gasteiger partial charge in [0.05, 0.1) is 13.2 Å². The third kappa shape index (κ3) is 4.19. The fourth-order valence-corrected chi connectivity index (χ4v) is 4.07. The van der Waals surface area contributed by atoms with Crippen molar-refractivity contribution in [2.75, 3.05) is 20.2 Å². The number of hydrogen-bond donors (Lipinski definition) is 1. The Balaban J connectivity index is 1.53.